The summed E-state index contributed by atoms with van der Waals surface area (Å²) in [7, 11) is 0. The second kappa shape index (κ2) is 6.54. The fraction of sp³-hybridized carbons (Fsp3) is 0.182. The highest BCUT2D eigenvalue weighted by Crippen LogP contribution is 2.38. The van der Waals surface area contributed by atoms with Gasteiger partial charge in [0.1, 0.15) is 0 Å². The van der Waals surface area contributed by atoms with Gasteiger partial charge in [0.2, 0.25) is 0 Å². The van der Waals surface area contributed by atoms with Crippen molar-refractivity contribution in [3.8, 4) is 0 Å². The van der Waals surface area contributed by atoms with Crippen LogP contribution in [-0.2, 0) is 4.79 Å². The maximum atomic E-state index is 13.1. The molecule has 1 atom stereocenters. The zero-order valence-corrected chi connectivity index (χ0v) is 15.6. The zero-order chi connectivity index (χ0) is 18.1. The predicted octanol–water partition coefficient (Wildman–Crippen LogP) is 5.67. The number of aromatic nitrogens is 1. The molecule has 0 saturated carbocycles. The lowest BCUT2D eigenvalue weighted by molar-refractivity contribution is -0.121. The minimum Gasteiger partial charge on any atom is -0.351 e. The highest BCUT2D eigenvalue weighted by atomic mass is 32.1. The lowest BCUT2D eigenvalue weighted by atomic mass is 9.75. The van der Waals surface area contributed by atoms with E-state index in [4.69, 9.17) is 0 Å². The van der Waals surface area contributed by atoms with Crippen LogP contribution in [0.2, 0.25) is 0 Å². The number of Topliss-reactive ketones (excluding diaryl/α,β-unsaturated/α-hetero) is 1. The van der Waals surface area contributed by atoms with Crippen LogP contribution in [0, 0.1) is 5.41 Å². The molecule has 1 aliphatic rings. The second-order valence-electron chi connectivity index (χ2n) is 6.80. The van der Waals surface area contributed by atoms with E-state index in [2.05, 4.69) is 40.1 Å². The van der Waals surface area contributed by atoms with E-state index >= 15 is 0 Å². The Morgan fingerprint density at radius 3 is 2.81 bits per heavy atom. The monoisotopic (exact) mass is 360 g/mol. The van der Waals surface area contributed by atoms with Crippen LogP contribution in [0.5, 0.6) is 0 Å². The molecule has 0 radical (unpaired) electrons. The Labute approximate surface area is 157 Å². The average Bonchev–Trinajstić information content (AvgIpc) is 3.20. The van der Waals surface area contributed by atoms with E-state index in [1.807, 2.05) is 43.5 Å². The number of anilines is 1. The Morgan fingerprint density at radius 1 is 1.19 bits per heavy atom. The summed E-state index contributed by atoms with van der Waals surface area (Å²) >= 11 is 1.66. The van der Waals surface area contributed by atoms with Gasteiger partial charge in [0.15, 0.2) is 5.78 Å². The normalized spacial score (nSPS) is 20.0. The lowest BCUT2D eigenvalue weighted by Gasteiger charge is -2.29. The molecule has 4 rings (SSSR count). The van der Waals surface area contributed by atoms with Crippen molar-refractivity contribution >= 4 is 39.2 Å². The maximum Gasteiger partial charge on any atom is 0.188 e. The minimum absolute atomic E-state index is 0.118. The molecule has 0 aliphatic heterocycles. The van der Waals surface area contributed by atoms with Crippen molar-refractivity contribution in [3.05, 3.63) is 76.9 Å². The average molecular weight is 360 g/mol. The van der Waals surface area contributed by atoms with Gasteiger partial charge in [-0.3, -0.25) is 9.78 Å². The van der Waals surface area contributed by atoms with Gasteiger partial charge >= 0.3 is 0 Å². The molecular formula is C22H20N2OS. The highest BCUT2D eigenvalue weighted by Gasteiger charge is 2.35. The third kappa shape index (κ3) is 2.86. The molecule has 2 heterocycles. The molecule has 0 bridgehead atoms. The number of ketones is 1. The van der Waals surface area contributed by atoms with E-state index in [0.717, 1.165) is 34.0 Å². The first kappa shape index (κ1) is 16.7. The van der Waals surface area contributed by atoms with Crippen LogP contribution in [0.15, 0.2) is 71.3 Å². The van der Waals surface area contributed by atoms with E-state index in [1.165, 1.54) is 0 Å². The molecule has 1 unspecified atom stereocenters. The molecule has 1 aliphatic carbocycles. The van der Waals surface area contributed by atoms with Crippen LogP contribution in [0.25, 0.3) is 16.3 Å². The van der Waals surface area contributed by atoms with Gasteiger partial charge in [-0.2, -0.15) is 11.3 Å². The topological polar surface area (TPSA) is 42.0 Å². The summed E-state index contributed by atoms with van der Waals surface area (Å²) in [4.78, 5) is 17.5. The van der Waals surface area contributed by atoms with E-state index in [0.29, 0.717) is 5.70 Å². The number of benzene rings is 1. The number of allylic oxidation sites excluding steroid dienone is 4. The molecule has 1 N–H and O–H groups in total. The largest absolute Gasteiger partial charge is 0.351 e. The standard InChI is InChI=1S/C22H20N2OS/c1-3-22(2)11-17(16-8-9-26-14-16)10-19(21(22)25)24-20-13-23-12-15-6-4-5-7-18(15)20/h4-14,24H,3H2,1-2H3. The van der Waals surface area contributed by atoms with Crippen molar-refractivity contribution in [1.82, 2.24) is 4.98 Å². The van der Waals surface area contributed by atoms with E-state index in [-0.39, 0.29) is 5.78 Å². The molecule has 130 valence electrons. The van der Waals surface area contributed by atoms with Gasteiger partial charge in [-0.15, -0.1) is 0 Å². The smallest absolute Gasteiger partial charge is 0.188 e. The summed E-state index contributed by atoms with van der Waals surface area (Å²) in [6, 6.07) is 10.1. The number of fused-ring (bicyclic) bond motifs is 1. The van der Waals surface area contributed by atoms with Crippen molar-refractivity contribution in [1.29, 1.82) is 0 Å². The number of thiophene rings is 1. The molecule has 3 nitrogen and oxygen atoms in total. The number of rotatable bonds is 4. The summed E-state index contributed by atoms with van der Waals surface area (Å²) in [6.07, 6.45) is 8.44. The first-order valence-corrected chi connectivity index (χ1v) is 9.67. The third-order valence-electron chi connectivity index (χ3n) is 5.06. The van der Waals surface area contributed by atoms with Crippen LogP contribution in [-0.4, -0.2) is 10.8 Å². The first-order chi connectivity index (χ1) is 12.6. The number of hydrogen-bond acceptors (Lipinski definition) is 4. The Balaban J connectivity index is 1.79. The van der Waals surface area contributed by atoms with Gasteiger partial charge in [0.25, 0.3) is 0 Å². The zero-order valence-electron chi connectivity index (χ0n) is 14.8. The molecule has 0 fully saturated rings. The number of carbonyl (C=O) groups excluding carboxylic acids is 1. The Bertz CT molecular complexity index is 1030. The van der Waals surface area contributed by atoms with Crippen molar-refractivity contribution in [2.24, 2.45) is 5.41 Å². The quantitative estimate of drug-likeness (QED) is 0.651. The fourth-order valence-corrected chi connectivity index (χ4v) is 3.96. The van der Waals surface area contributed by atoms with Gasteiger partial charge < -0.3 is 5.32 Å². The van der Waals surface area contributed by atoms with Gasteiger partial charge in [0, 0.05) is 17.0 Å². The molecule has 4 heteroatoms. The van der Waals surface area contributed by atoms with Crippen molar-refractivity contribution < 1.29 is 4.79 Å². The Kier molecular flexibility index (Phi) is 4.21. The van der Waals surface area contributed by atoms with Gasteiger partial charge in [0.05, 0.1) is 23.0 Å². The molecule has 0 saturated heterocycles. The van der Waals surface area contributed by atoms with Gasteiger partial charge in [-0.1, -0.05) is 37.3 Å². The molecular weight excluding hydrogens is 340 g/mol. The summed E-state index contributed by atoms with van der Waals surface area (Å²) in [5.74, 6) is 0.118. The van der Waals surface area contributed by atoms with Crippen molar-refractivity contribution in [2.45, 2.75) is 20.3 Å². The second-order valence-corrected chi connectivity index (χ2v) is 7.58. The summed E-state index contributed by atoms with van der Waals surface area (Å²) in [5, 5.41) is 9.65. The fourth-order valence-electron chi connectivity index (χ4n) is 3.29. The van der Waals surface area contributed by atoms with Crippen molar-refractivity contribution in [2.75, 3.05) is 5.32 Å². The molecule has 26 heavy (non-hydrogen) atoms. The van der Waals surface area contributed by atoms with Crippen LogP contribution < -0.4 is 5.32 Å². The highest BCUT2D eigenvalue weighted by molar-refractivity contribution is 7.08. The molecule has 1 aromatic carbocycles. The number of carbonyl (C=O) groups is 1. The molecule has 3 aromatic rings. The van der Waals surface area contributed by atoms with Crippen LogP contribution >= 0.6 is 11.3 Å². The minimum atomic E-state index is -0.508. The van der Waals surface area contributed by atoms with Crippen LogP contribution in [0.4, 0.5) is 5.69 Å². The van der Waals surface area contributed by atoms with Gasteiger partial charge in [-0.05, 0) is 47.4 Å². The van der Waals surface area contributed by atoms with Gasteiger partial charge in [-0.25, -0.2) is 0 Å². The predicted molar refractivity (Wildman–Crippen MR) is 109 cm³/mol. The molecule has 0 amide bonds. The van der Waals surface area contributed by atoms with E-state index in [1.54, 1.807) is 17.5 Å². The van der Waals surface area contributed by atoms with E-state index in [9.17, 15) is 4.79 Å². The summed E-state index contributed by atoms with van der Waals surface area (Å²) in [6.45, 7) is 4.07. The van der Waals surface area contributed by atoms with Crippen molar-refractivity contribution in [3.63, 3.8) is 0 Å². The first-order valence-electron chi connectivity index (χ1n) is 8.72. The number of nitrogens with one attached hydrogen (secondary N) is 1. The summed E-state index contributed by atoms with van der Waals surface area (Å²) < 4.78 is 0. The molecule has 2 aromatic heterocycles. The number of nitrogens with zero attached hydrogens (tertiary/aromatic N) is 1. The number of hydrogen-bond donors (Lipinski definition) is 1. The maximum absolute atomic E-state index is 13.1. The SMILES string of the molecule is CCC1(C)C=C(c2ccsc2)C=C(Nc2cncc3ccccc23)C1=O. The summed E-state index contributed by atoms with van der Waals surface area (Å²) in [5.41, 5.74) is 3.21. The third-order valence-corrected chi connectivity index (χ3v) is 5.75. The van der Waals surface area contributed by atoms with Crippen LogP contribution in [0.1, 0.15) is 25.8 Å². The Hall–Kier alpha value is -2.72. The Morgan fingerprint density at radius 2 is 2.04 bits per heavy atom. The lowest BCUT2D eigenvalue weighted by Crippen LogP contribution is -2.32. The molecule has 0 spiro atoms. The van der Waals surface area contributed by atoms with E-state index < -0.39 is 5.41 Å². The number of pyridine rings is 1. The van der Waals surface area contributed by atoms with Crippen LogP contribution in [0.3, 0.4) is 0 Å².